The zero-order valence-electron chi connectivity index (χ0n) is 18.8. The lowest BCUT2D eigenvalue weighted by molar-refractivity contribution is -0.136. The van der Waals surface area contributed by atoms with Crippen LogP contribution in [0.5, 0.6) is 11.6 Å². The zero-order valence-corrected chi connectivity index (χ0v) is 18.8. The van der Waals surface area contributed by atoms with Crippen LogP contribution in [0.1, 0.15) is 22.4 Å². The van der Waals surface area contributed by atoms with Crippen molar-refractivity contribution in [3.8, 4) is 17.7 Å². The maximum atomic E-state index is 11.6. The maximum absolute atomic E-state index is 11.6. The van der Waals surface area contributed by atoms with Crippen molar-refractivity contribution in [3.63, 3.8) is 0 Å². The molecule has 6 heteroatoms. The lowest BCUT2D eigenvalue weighted by Gasteiger charge is -2.11. The third-order valence-corrected chi connectivity index (χ3v) is 6.06. The third kappa shape index (κ3) is 4.53. The van der Waals surface area contributed by atoms with Crippen LogP contribution in [-0.4, -0.2) is 20.7 Å². The van der Waals surface area contributed by atoms with Gasteiger partial charge in [0, 0.05) is 16.5 Å². The SMILES string of the molecule is N#Cc1cccc(OCc2ccc3c(CC(=O)O)n(Cc4ccc5ccccc5c4)c(O)c3c2)c1. The van der Waals surface area contributed by atoms with E-state index in [9.17, 15) is 15.0 Å². The third-order valence-electron chi connectivity index (χ3n) is 6.06. The highest BCUT2D eigenvalue weighted by Gasteiger charge is 2.19. The van der Waals surface area contributed by atoms with E-state index in [1.807, 2.05) is 54.6 Å². The summed E-state index contributed by atoms with van der Waals surface area (Å²) in [6.45, 7) is 0.592. The van der Waals surface area contributed by atoms with E-state index in [-0.39, 0.29) is 18.9 Å². The fraction of sp³-hybridized carbons (Fsp3) is 0.103. The molecule has 172 valence electrons. The fourth-order valence-electron chi connectivity index (χ4n) is 4.38. The van der Waals surface area contributed by atoms with Gasteiger partial charge in [0.2, 0.25) is 0 Å². The zero-order chi connectivity index (χ0) is 24.4. The number of carbonyl (C=O) groups is 1. The number of rotatable bonds is 7. The number of carboxylic acids is 1. The van der Waals surface area contributed by atoms with Gasteiger partial charge in [-0.2, -0.15) is 5.26 Å². The lowest BCUT2D eigenvalue weighted by Crippen LogP contribution is -2.09. The van der Waals surface area contributed by atoms with Gasteiger partial charge in [0.15, 0.2) is 5.88 Å². The van der Waals surface area contributed by atoms with Gasteiger partial charge in [-0.1, -0.05) is 54.6 Å². The Morgan fingerprint density at radius 2 is 1.69 bits per heavy atom. The molecule has 0 amide bonds. The van der Waals surface area contributed by atoms with Crippen LogP contribution in [0.4, 0.5) is 0 Å². The molecule has 0 unspecified atom stereocenters. The predicted octanol–water partition coefficient (Wildman–Crippen LogP) is 5.63. The summed E-state index contributed by atoms with van der Waals surface area (Å²) in [5.41, 5.74) is 2.85. The molecule has 0 bridgehead atoms. The van der Waals surface area contributed by atoms with Crippen LogP contribution in [0.25, 0.3) is 21.5 Å². The van der Waals surface area contributed by atoms with Crippen molar-refractivity contribution in [1.82, 2.24) is 4.57 Å². The van der Waals surface area contributed by atoms with Gasteiger partial charge in [0.1, 0.15) is 12.4 Å². The van der Waals surface area contributed by atoms with Crippen LogP contribution in [-0.2, 0) is 24.4 Å². The summed E-state index contributed by atoms with van der Waals surface area (Å²) >= 11 is 0. The molecule has 0 saturated carbocycles. The van der Waals surface area contributed by atoms with Crippen LogP contribution in [0.2, 0.25) is 0 Å². The Balaban J connectivity index is 1.49. The number of nitrogens with zero attached hydrogens (tertiary/aromatic N) is 2. The molecular weight excluding hydrogens is 440 g/mol. The quantitative estimate of drug-likeness (QED) is 0.327. The van der Waals surface area contributed by atoms with E-state index in [4.69, 9.17) is 10.00 Å². The first-order valence-electron chi connectivity index (χ1n) is 11.2. The number of aromatic nitrogens is 1. The van der Waals surface area contributed by atoms with E-state index in [1.54, 1.807) is 28.8 Å². The Labute approximate surface area is 201 Å². The molecule has 0 aliphatic carbocycles. The van der Waals surface area contributed by atoms with Crippen LogP contribution < -0.4 is 4.74 Å². The first-order chi connectivity index (χ1) is 17.0. The standard InChI is InChI=1S/C29H22N2O4/c30-16-19-4-3-7-24(13-19)35-18-21-9-11-25-26(14-21)29(34)31(27(25)15-28(32)33)17-20-8-10-22-5-1-2-6-23(22)12-20/h1-14,34H,15,17-18H2,(H,32,33). The Morgan fingerprint density at radius 3 is 2.49 bits per heavy atom. The molecular formula is C29H22N2O4. The summed E-state index contributed by atoms with van der Waals surface area (Å²) in [4.78, 5) is 11.6. The van der Waals surface area contributed by atoms with E-state index < -0.39 is 5.97 Å². The van der Waals surface area contributed by atoms with Gasteiger partial charge in [-0.05, 0) is 52.2 Å². The average Bonchev–Trinajstić information content (AvgIpc) is 3.12. The highest BCUT2D eigenvalue weighted by Crippen LogP contribution is 2.34. The van der Waals surface area contributed by atoms with Crippen molar-refractivity contribution in [2.24, 2.45) is 0 Å². The number of aliphatic carboxylic acids is 1. The Kier molecular flexibility index (Phi) is 5.82. The predicted molar refractivity (Wildman–Crippen MR) is 133 cm³/mol. The molecule has 35 heavy (non-hydrogen) atoms. The monoisotopic (exact) mass is 462 g/mol. The van der Waals surface area contributed by atoms with Crippen molar-refractivity contribution < 1.29 is 19.7 Å². The molecule has 0 fully saturated rings. The summed E-state index contributed by atoms with van der Waals surface area (Å²) in [7, 11) is 0. The van der Waals surface area contributed by atoms with Gasteiger partial charge >= 0.3 is 5.97 Å². The molecule has 0 radical (unpaired) electrons. The smallest absolute Gasteiger partial charge is 0.309 e. The van der Waals surface area contributed by atoms with E-state index in [2.05, 4.69) is 12.1 Å². The normalized spacial score (nSPS) is 10.9. The Bertz CT molecular complexity index is 1610. The van der Waals surface area contributed by atoms with Crippen LogP contribution in [0.3, 0.4) is 0 Å². The number of carboxylic acid groups (broad SMARTS) is 1. The molecule has 5 rings (SSSR count). The first-order valence-corrected chi connectivity index (χ1v) is 11.2. The Morgan fingerprint density at radius 1 is 0.886 bits per heavy atom. The van der Waals surface area contributed by atoms with Crippen molar-refractivity contribution in [3.05, 3.63) is 107 Å². The van der Waals surface area contributed by atoms with E-state index >= 15 is 0 Å². The minimum absolute atomic E-state index is 0.0257. The topological polar surface area (TPSA) is 95.5 Å². The summed E-state index contributed by atoms with van der Waals surface area (Å²) in [6, 6.07) is 28.6. The number of aromatic hydroxyl groups is 1. The molecule has 0 aliphatic rings. The second kappa shape index (κ2) is 9.24. The number of fused-ring (bicyclic) bond motifs is 2. The van der Waals surface area contributed by atoms with Crippen LogP contribution in [0, 0.1) is 11.3 Å². The number of ether oxygens (including phenoxy) is 1. The van der Waals surface area contributed by atoms with Gasteiger partial charge in [-0.25, -0.2) is 0 Å². The highest BCUT2D eigenvalue weighted by atomic mass is 16.5. The lowest BCUT2D eigenvalue weighted by atomic mass is 10.1. The van der Waals surface area contributed by atoms with Gasteiger partial charge in [-0.15, -0.1) is 0 Å². The van der Waals surface area contributed by atoms with Crippen LogP contribution >= 0.6 is 0 Å². The number of hydrogen-bond acceptors (Lipinski definition) is 4. The maximum Gasteiger partial charge on any atom is 0.309 e. The van der Waals surface area contributed by atoms with Crippen molar-refractivity contribution in [1.29, 1.82) is 5.26 Å². The van der Waals surface area contributed by atoms with Gasteiger partial charge < -0.3 is 19.5 Å². The summed E-state index contributed by atoms with van der Waals surface area (Å²) in [5.74, 6) is -0.361. The minimum Gasteiger partial charge on any atom is -0.494 e. The van der Waals surface area contributed by atoms with Crippen molar-refractivity contribution in [2.75, 3.05) is 0 Å². The molecule has 6 nitrogen and oxygen atoms in total. The molecule has 2 N–H and O–H groups in total. The van der Waals surface area contributed by atoms with Gasteiger partial charge in [-0.3, -0.25) is 4.79 Å². The van der Waals surface area contributed by atoms with Crippen molar-refractivity contribution >= 4 is 27.5 Å². The minimum atomic E-state index is -0.964. The van der Waals surface area contributed by atoms with E-state index in [0.29, 0.717) is 34.3 Å². The molecule has 4 aromatic carbocycles. The molecule has 1 aromatic heterocycles. The van der Waals surface area contributed by atoms with Gasteiger partial charge in [0.25, 0.3) is 0 Å². The molecule has 0 aliphatic heterocycles. The molecule has 0 spiro atoms. The fourth-order valence-corrected chi connectivity index (χ4v) is 4.38. The van der Waals surface area contributed by atoms with E-state index in [1.165, 1.54) is 0 Å². The average molecular weight is 463 g/mol. The molecule has 0 atom stereocenters. The molecule has 1 heterocycles. The number of hydrogen-bond donors (Lipinski definition) is 2. The van der Waals surface area contributed by atoms with Crippen LogP contribution in [0.15, 0.2) is 84.9 Å². The summed E-state index contributed by atoms with van der Waals surface area (Å²) in [6.07, 6.45) is -0.207. The molecule has 0 saturated heterocycles. The number of nitriles is 1. The largest absolute Gasteiger partial charge is 0.494 e. The van der Waals surface area contributed by atoms with Crippen molar-refractivity contribution in [2.45, 2.75) is 19.6 Å². The molecule has 5 aromatic rings. The first kappa shape index (κ1) is 22.1. The summed E-state index contributed by atoms with van der Waals surface area (Å²) < 4.78 is 7.50. The highest BCUT2D eigenvalue weighted by molar-refractivity contribution is 5.93. The number of benzene rings is 4. The summed E-state index contributed by atoms with van der Waals surface area (Å²) in [5, 5.41) is 33.2. The van der Waals surface area contributed by atoms with Gasteiger partial charge in [0.05, 0.1) is 24.6 Å². The second-order valence-corrected chi connectivity index (χ2v) is 8.42. The second-order valence-electron chi connectivity index (χ2n) is 8.42. The Hall–Kier alpha value is -4.76. The van der Waals surface area contributed by atoms with E-state index in [0.717, 1.165) is 21.9 Å².